The largest absolute Gasteiger partial charge is 0.491 e. The van der Waals surface area contributed by atoms with E-state index in [1.54, 1.807) is 24.3 Å². The molecule has 4 rings (SSSR count). The number of nitrogens with zero attached hydrogens (tertiary/aromatic N) is 1. The molecule has 2 heterocycles. The van der Waals surface area contributed by atoms with E-state index in [0.717, 1.165) is 5.56 Å². The molecule has 1 saturated heterocycles. The molecule has 2 aromatic rings. The maximum atomic E-state index is 14.2. The Kier molecular flexibility index (Phi) is 5.85. The summed E-state index contributed by atoms with van der Waals surface area (Å²) in [4.78, 5) is 38.0. The fourth-order valence-corrected chi connectivity index (χ4v) is 3.88. The first-order valence-corrected chi connectivity index (χ1v) is 10.0. The van der Waals surface area contributed by atoms with Crippen LogP contribution in [0.15, 0.2) is 36.4 Å². The summed E-state index contributed by atoms with van der Waals surface area (Å²) in [7, 11) is 0. The van der Waals surface area contributed by atoms with Crippen LogP contribution in [-0.2, 0) is 22.7 Å². The summed E-state index contributed by atoms with van der Waals surface area (Å²) in [6.07, 6.45) is 0.481. The molecule has 2 aromatic carbocycles. The van der Waals surface area contributed by atoms with Crippen LogP contribution in [0.5, 0.6) is 5.75 Å². The number of hydrogen-bond donors (Lipinski definition) is 3. The highest BCUT2D eigenvalue weighted by Gasteiger charge is 2.39. The van der Waals surface area contributed by atoms with Gasteiger partial charge in [-0.25, -0.2) is 4.39 Å². The monoisotopic (exact) mass is 427 g/mol. The number of anilines is 1. The Hall–Kier alpha value is -3.46. The van der Waals surface area contributed by atoms with E-state index in [0.29, 0.717) is 29.0 Å². The summed E-state index contributed by atoms with van der Waals surface area (Å²) in [5.74, 6) is -1.02. The lowest BCUT2D eigenvalue weighted by molar-refractivity contribution is -0.136. The van der Waals surface area contributed by atoms with Crippen molar-refractivity contribution < 1.29 is 28.6 Å². The van der Waals surface area contributed by atoms with Gasteiger partial charge in [-0.15, -0.1) is 0 Å². The minimum atomic E-state index is -0.691. The average molecular weight is 427 g/mol. The second kappa shape index (κ2) is 8.73. The highest BCUT2D eigenvalue weighted by atomic mass is 19.1. The second-order valence-corrected chi connectivity index (χ2v) is 7.41. The van der Waals surface area contributed by atoms with Crippen LogP contribution < -0.4 is 15.4 Å². The zero-order valence-electron chi connectivity index (χ0n) is 16.7. The van der Waals surface area contributed by atoms with Crippen molar-refractivity contribution in [1.82, 2.24) is 10.2 Å². The van der Waals surface area contributed by atoms with Crippen LogP contribution in [0.3, 0.4) is 0 Å². The number of ether oxygens (including phenoxy) is 1. The molecule has 1 fully saturated rings. The van der Waals surface area contributed by atoms with E-state index in [1.165, 1.54) is 17.0 Å². The molecule has 0 saturated carbocycles. The molecule has 8 nitrogen and oxygen atoms in total. The first kappa shape index (κ1) is 20.8. The van der Waals surface area contributed by atoms with Gasteiger partial charge in [-0.3, -0.25) is 19.7 Å². The number of imide groups is 1. The number of piperidine rings is 1. The smallest absolute Gasteiger partial charge is 0.255 e. The number of amides is 3. The van der Waals surface area contributed by atoms with Gasteiger partial charge in [0.1, 0.15) is 24.2 Å². The van der Waals surface area contributed by atoms with E-state index in [-0.39, 0.29) is 44.5 Å². The molecule has 9 heteroatoms. The van der Waals surface area contributed by atoms with Crippen molar-refractivity contribution >= 4 is 23.4 Å². The van der Waals surface area contributed by atoms with Gasteiger partial charge in [0.05, 0.1) is 6.61 Å². The summed E-state index contributed by atoms with van der Waals surface area (Å²) in [6.45, 7) is 0.360. The summed E-state index contributed by atoms with van der Waals surface area (Å²) in [5.41, 5.74) is 2.25. The summed E-state index contributed by atoms with van der Waals surface area (Å²) < 4.78 is 19.6. The number of carbonyl (C=O) groups is 3. The van der Waals surface area contributed by atoms with Crippen molar-refractivity contribution in [2.45, 2.75) is 32.0 Å². The Bertz CT molecular complexity index is 1040. The third kappa shape index (κ3) is 4.22. The van der Waals surface area contributed by atoms with Crippen molar-refractivity contribution in [3.05, 3.63) is 58.9 Å². The average Bonchev–Trinajstić information content (AvgIpc) is 3.09. The lowest BCUT2D eigenvalue weighted by atomic mass is 10.0. The standard InChI is InChI=1S/C22H22FN3O5/c23-17-5-4-14(31-9-8-27)10-13(17)11-24-18-3-1-2-15-16(18)12-26(22(15)30)19-6-7-20(28)25-21(19)29/h1-5,10,19,24,27H,6-9,11-12H2,(H,25,28,29)/t19-/m1/s1. The third-order valence-electron chi connectivity index (χ3n) is 5.43. The number of fused-ring (bicyclic) bond motifs is 1. The van der Waals surface area contributed by atoms with Crippen molar-refractivity contribution in [3.8, 4) is 5.75 Å². The Morgan fingerprint density at radius 3 is 2.84 bits per heavy atom. The van der Waals surface area contributed by atoms with Crippen molar-refractivity contribution in [1.29, 1.82) is 0 Å². The molecule has 0 unspecified atom stereocenters. The van der Waals surface area contributed by atoms with Gasteiger partial charge in [0.2, 0.25) is 11.8 Å². The van der Waals surface area contributed by atoms with E-state index in [1.807, 2.05) is 0 Å². The highest BCUT2D eigenvalue weighted by molar-refractivity contribution is 6.06. The number of hydrogen-bond acceptors (Lipinski definition) is 6. The summed E-state index contributed by atoms with van der Waals surface area (Å²) in [6, 6.07) is 8.87. The van der Waals surface area contributed by atoms with Gasteiger partial charge in [0.25, 0.3) is 5.91 Å². The Morgan fingerprint density at radius 2 is 2.06 bits per heavy atom. The molecule has 3 amide bonds. The van der Waals surface area contributed by atoms with Gasteiger partial charge in [-0.1, -0.05) is 6.07 Å². The van der Waals surface area contributed by atoms with Gasteiger partial charge in [-0.2, -0.15) is 0 Å². The molecule has 3 N–H and O–H groups in total. The van der Waals surface area contributed by atoms with Gasteiger partial charge in [-0.05, 0) is 36.8 Å². The molecule has 1 atom stereocenters. The van der Waals surface area contributed by atoms with E-state index < -0.39 is 17.8 Å². The lowest BCUT2D eigenvalue weighted by Gasteiger charge is -2.29. The molecule has 31 heavy (non-hydrogen) atoms. The minimum absolute atomic E-state index is 0.114. The number of carbonyl (C=O) groups excluding carboxylic acids is 3. The van der Waals surface area contributed by atoms with Crippen LogP contribution >= 0.6 is 0 Å². The fourth-order valence-electron chi connectivity index (χ4n) is 3.88. The molecular weight excluding hydrogens is 405 g/mol. The number of nitrogens with one attached hydrogen (secondary N) is 2. The fraction of sp³-hybridized carbons (Fsp3) is 0.318. The van der Waals surface area contributed by atoms with Gasteiger partial charge < -0.3 is 20.1 Å². The highest BCUT2D eigenvalue weighted by Crippen LogP contribution is 2.32. The van der Waals surface area contributed by atoms with Crippen LogP contribution in [0.1, 0.15) is 34.3 Å². The van der Waals surface area contributed by atoms with Crippen molar-refractivity contribution in [3.63, 3.8) is 0 Å². The normalized spacial score (nSPS) is 18.1. The Balaban J connectivity index is 1.51. The molecule has 0 aliphatic carbocycles. The predicted molar refractivity (Wildman–Crippen MR) is 109 cm³/mol. The maximum Gasteiger partial charge on any atom is 0.255 e. The van der Waals surface area contributed by atoms with Crippen LogP contribution in [-0.4, -0.2) is 47.0 Å². The minimum Gasteiger partial charge on any atom is -0.491 e. The van der Waals surface area contributed by atoms with Gasteiger partial charge in [0, 0.05) is 41.9 Å². The molecule has 0 spiro atoms. The Morgan fingerprint density at radius 1 is 1.23 bits per heavy atom. The number of halogens is 1. The molecule has 0 bridgehead atoms. The van der Waals surface area contributed by atoms with Crippen LogP contribution in [0.25, 0.3) is 0 Å². The van der Waals surface area contributed by atoms with E-state index in [4.69, 9.17) is 9.84 Å². The van der Waals surface area contributed by atoms with Crippen LogP contribution in [0.2, 0.25) is 0 Å². The molecule has 2 aliphatic rings. The molecule has 162 valence electrons. The number of benzene rings is 2. The number of rotatable bonds is 7. The van der Waals surface area contributed by atoms with E-state index in [9.17, 15) is 18.8 Å². The second-order valence-electron chi connectivity index (χ2n) is 7.41. The van der Waals surface area contributed by atoms with Crippen molar-refractivity contribution in [2.24, 2.45) is 0 Å². The third-order valence-corrected chi connectivity index (χ3v) is 5.43. The molecule has 0 aromatic heterocycles. The first-order valence-electron chi connectivity index (χ1n) is 10.0. The predicted octanol–water partition coefficient (Wildman–Crippen LogP) is 1.57. The zero-order valence-corrected chi connectivity index (χ0v) is 16.7. The van der Waals surface area contributed by atoms with E-state index in [2.05, 4.69) is 10.6 Å². The molecule has 2 aliphatic heterocycles. The SMILES string of the molecule is O=C1CC[C@@H](N2Cc3c(NCc4cc(OCCO)ccc4F)cccc3C2=O)C(=O)N1. The molecule has 0 radical (unpaired) electrons. The molecular formula is C22H22FN3O5. The number of aliphatic hydroxyl groups excluding tert-OH is 1. The van der Waals surface area contributed by atoms with Crippen LogP contribution in [0, 0.1) is 5.82 Å². The van der Waals surface area contributed by atoms with Crippen molar-refractivity contribution in [2.75, 3.05) is 18.5 Å². The number of aliphatic hydroxyl groups is 1. The van der Waals surface area contributed by atoms with Gasteiger partial charge >= 0.3 is 0 Å². The van der Waals surface area contributed by atoms with E-state index >= 15 is 0 Å². The zero-order chi connectivity index (χ0) is 22.0. The first-order chi connectivity index (χ1) is 15.0. The maximum absolute atomic E-state index is 14.2. The lowest BCUT2D eigenvalue weighted by Crippen LogP contribution is -2.52. The van der Waals surface area contributed by atoms with Crippen LogP contribution in [0.4, 0.5) is 10.1 Å². The summed E-state index contributed by atoms with van der Waals surface area (Å²) in [5, 5.41) is 14.3. The summed E-state index contributed by atoms with van der Waals surface area (Å²) >= 11 is 0. The Labute approximate surface area is 178 Å². The topological polar surface area (TPSA) is 108 Å². The van der Waals surface area contributed by atoms with Gasteiger partial charge in [0.15, 0.2) is 0 Å². The quantitative estimate of drug-likeness (QED) is 0.579.